The Morgan fingerprint density at radius 1 is 1.21 bits per heavy atom. The van der Waals surface area contributed by atoms with Gasteiger partial charge in [-0.1, -0.05) is 30.3 Å². The highest BCUT2D eigenvalue weighted by atomic mass is 16.5. The average molecular weight is 327 g/mol. The summed E-state index contributed by atoms with van der Waals surface area (Å²) in [7, 11) is 3.28. The fourth-order valence-corrected chi connectivity index (χ4v) is 2.18. The van der Waals surface area contributed by atoms with Crippen LogP contribution in [0.3, 0.4) is 0 Å². The first-order valence-corrected chi connectivity index (χ1v) is 7.64. The molecule has 0 aliphatic heterocycles. The van der Waals surface area contributed by atoms with Crippen LogP contribution < -0.4 is 5.32 Å². The lowest BCUT2D eigenvalue weighted by atomic mass is 10.2. The molecular formula is C18H21N3O3. The van der Waals surface area contributed by atoms with Gasteiger partial charge < -0.3 is 15.0 Å². The van der Waals surface area contributed by atoms with Gasteiger partial charge in [-0.05, 0) is 17.7 Å². The van der Waals surface area contributed by atoms with Crippen LogP contribution in [0.15, 0.2) is 48.7 Å². The maximum atomic E-state index is 12.5. The minimum atomic E-state index is -0.255. The smallest absolute Gasteiger partial charge is 0.272 e. The van der Waals surface area contributed by atoms with Gasteiger partial charge in [-0.15, -0.1) is 0 Å². The highest BCUT2D eigenvalue weighted by Gasteiger charge is 2.15. The number of nitrogens with one attached hydrogen (secondary N) is 1. The van der Waals surface area contributed by atoms with E-state index in [2.05, 4.69) is 10.3 Å². The van der Waals surface area contributed by atoms with E-state index < -0.39 is 0 Å². The zero-order valence-electron chi connectivity index (χ0n) is 13.9. The molecule has 2 aromatic rings. The summed E-state index contributed by atoms with van der Waals surface area (Å²) in [6.07, 6.45) is 1.47. The Labute approximate surface area is 141 Å². The molecule has 6 nitrogen and oxygen atoms in total. The number of carbonyl (C=O) groups excluding carboxylic acids is 2. The minimum Gasteiger partial charge on any atom is -0.383 e. The zero-order chi connectivity index (χ0) is 17.4. The average Bonchev–Trinajstić information content (AvgIpc) is 2.62. The molecular weight excluding hydrogens is 306 g/mol. The molecule has 0 aliphatic carbocycles. The summed E-state index contributed by atoms with van der Waals surface area (Å²) in [5.74, 6) is -0.486. The molecule has 2 rings (SSSR count). The summed E-state index contributed by atoms with van der Waals surface area (Å²) in [4.78, 5) is 30.2. The summed E-state index contributed by atoms with van der Waals surface area (Å²) in [6.45, 7) is 1.32. The highest BCUT2D eigenvalue weighted by Crippen LogP contribution is 2.08. The van der Waals surface area contributed by atoms with Crippen LogP contribution in [-0.2, 0) is 11.3 Å². The van der Waals surface area contributed by atoms with Gasteiger partial charge in [0.1, 0.15) is 5.69 Å². The quantitative estimate of drug-likeness (QED) is 0.786. The second-order valence-corrected chi connectivity index (χ2v) is 5.33. The van der Waals surface area contributed by atoms with Crippen molar-refractivity contribution in [3.05, 3.63) is 65.5 Å². The number of aromatic nitrogens is 1. The third kappa shape index (κ3) is 4.89. The normalized spacial score (nSPS) is 10.2. The van der Waals surface area contributed by atoms with Crippen molar-refractivity contribution in [1.29, 1.82) is 0 Å². The number of methoxy groups -OCH3 is 1. The van der Waals surface area contributed by atoms with E-state index in [1.807, 2.05) is 30.3 Å². The van der Waals surface area contributed by atoms with Crippen LogP contribution in [-0.4, -0.2) is 49.0 Å². The monoisotopic (exact) mass is 327 g/mol. The zero-order valence-corrected chi connectivity index (χ0v) is 13.9. The summed E-state index contributed by atoms with van der Waals surface area (Å²) in [5, 5.41) is 2.72. The summed E-state index contributed by atoms with van der Waals surface area (Å²) in [6, 6.07) is 12.8. The molecule has 0 saturated heterocycles. The molecule has 0 spiro atoms. The molecule has 24 heavy (non-hydrogen) atoms. The van der Waals surface area contributed by atoms with Crippen molar-refractivity contribution in [2.75, 3.05) is 27.3 Å². The van der Waals surface area contributed by atoms with E-state index in [1.165, 1.54) is 12.3 Å². The Morgan fingerprint density at radius 3 is 2.67 bits per heavy atom. The number of hydrogen-bond donors (Lipinski definition) is 1. The van der Waals surface area contributed by atoms with E-state index in [0.29, 0.717) is 25.3 Å². The number of rotatable bonds is 7. The second-order valence-electron chi connectivity index (χ2n) is 5.33. The van der Waals surface area contributed by atoms with Crippen LogP contribution in [0, 0.1) is 0 Å². The molecule has 0 bridgehead atoms. The molecule has 0 saturated carbocycles. The van der Waals surface area contributed by atoms with Gasteiger partial charge in [-0.2, -0.15) is 0 Å². The van der Waals surface area contributed by atoms with Gasteiger partial charge in [0.15, 0.2) is 0 Å². The van der Waals surface area contributed by atoms with Crippen LogP contribution in [0.25, 0.3) is 0 Å². The van der Waals surface area contributed by atoms with Crippen molar-refractivity contribution >= 4 is 11.8 Å². The molecule has 1 heterocycles. The number of amides is 2. The Balaban J connectivity index is 2.04. The van der Waals surface area contributed by atoms with Gasteiger partial charge >= 0.3 is 0 Å². The number of benzene rings is 1. The van der Waals surface area contributed by atoms with E-state index in [0.717, 1.165) is 5.56 Å². The van der Waals surface area contributed by atoms with Crippen molar-refractivity contribution < 1.29 is 14.3 Å². The lowest BCUT2D eigenvalue weighted by molar-refractivity contribution is 0.0779. The fraction of sp³-hybridized carbons (Fsp3) is 0.278. The number of ether oxygens (including phenoxy) is 1. The molecule has 2 amide bonds. The van der Waals surface area contributed by atoms with Crippen LogP contribution in [0.1, 0.15) is 26.4 Å². The van der Waals surface area contributed by atoms with Crippen molar-refractivity contribution in [1.82, 2.24) is 15.2 Å². The molecule has 0 unspecified atom stereocenters. The maximum absolute atomic E-state index is 12.5. The van der Waals surface area contributed by atoms with Crippen LogP contribution in [0.5, 0.6) is 0 Å². The third-order valence-corrected chi connectivity index (χ3v) is 3.44. The lowest BCUT2D eigenvalue weighted by Crippen LogP contribution is -2.29. The van der Waals surface area contributed by atoms with E-state index in [-0.39, 0.29) is 17.5 Å². The number of pyridine rings is 1. The number of carbonyl (C=O) groups is 2. The van der Waals surface area contributed by atoms with Crippen molar-refractivity contribution in [3.63, 3.8) is 0 Å². The van der Waals surface area contributed by atoms with Gasteiger partial charge in [-0.25, -0.2) is 0 Å². The lowest BCUT2D eigenvalue weighted by Gasteiger charge is -2.17. The summed E-state index contributed by atoms with van der Waals surface area (Å²) in [5.41, 5.74) is 1.67. The van der Waals surface area contributed by atoms with E-state index in [1.54, 1.807) is 25.1 Å². The first kappa shape index (κ1) is 17.6. The molecule has 0 atom stereocenters. The van der Waals surface area contributed by atoms with Gasteiger partial charge in [-0.3, -0.25) is 14.6 Å². The first-order chi connectivity index (χ1) is 11.6. The molecule has 1 N–H and O–H groups in total. The summed E-state index contributed by atoms with van der Waals surface area (Å²) >= 11 is 0. The highest BCUT2D eigenvalue weighted by molar-refractivity contribution is 5.98. The van der Waals surface area contributed by atoms with Gasteiger partial charge in [0.2, 0.25) is 0 Å². The largest absolute Gasteiger partial charge is 0.383 e. The predicted octanol–water partition coefficient (Wildman–Crippen LogP) is 1.73. The molecule has 126 valence electrons. The van der Waals surface area contributed by atoms with E-state index in [9.17, 15) is 9.59 Å². The Hall–Kier alpha value is -2.73. The topological polar surface area (TPSA) is 71.5 Å². The van der Waals surface area contributed by atoms with E-state index >= 15 is 0 Å². The molecule has 0 fully saturated rings. The molecule has 0 radical (unpaired) electrons. The first-order valence-electron chi connectivity index (χ1n) is 7.64. The van der Waals surface area contributed by atoms with Crippen molar-refractivity contribution in [3.8, 4) is 0 Å². The Kier molecular flexibility index (Phi) is 6.45. The van der Waals surface area contributed by atoms with Crippen molar-refractivity contribution in [2.45, 2.75) is 6.54 Å². The van der Waals surface area contributed by atoms with Gasteiger partial charge in [0, 0.05) is 39.0 Å². The van der Waals surface area contributed by atoms with Crippen molar-refractivity contribution in [2.24, 2.45) is 0 Å². The molecule has 0 aliphatic rings. The van der Waals surface area contributed by atoms with Gasteiger partial charge in [0.05, 0.1) is 6.61 Å². The van der Waals surface area contributed by atoms with Crippen LogP contribution in [0.2, 0.25) is 0 Å². The van der Waals surface area contributed by atoms with E-state index in [4.69, 9.17) is 4.74 Å². The number of nitrogens with zero attached hydrogens (tertiary/aromatic N) is 2. The predicted molar refractivity (Wildman–Crippen MR) is 90.7 cm³/mol. The second kappa shape index (κ2) is 8.79. The molecule has 1 aromatic heterocycles. The Morgan fingerprint density at radius 2 is 1.96 bits per heavy atom. The maximum Gasteiger partial charge on any atom is 0.272 e. The standard InChI is InChI=1S/C18H21N3O3/c1-21(13-14-6-4-3-5-7-14)18(23)16-12-15(8-9-19-16)17(22)20-10-11-24-2/h3-9,12H,10-11,13H2,1-2H3,(H,20,22). The van der Waals surface area contributed by atoms with Gasteiger partial charge in [0.25, 0.3) is 11.8 Å². The molecule has 1 aromatic carbocycles. The minimum absolute atomic E-state index is 0.231. The van der Waals surface area contributed by atoms with Crippen LogP contribution >= 0.6 is 0 Å². The third-order valence-electron chi connectivity index (χ3n) is 3.44. The Bertz CT molecular complexity index is 689. The number of hydrogen-bond acceptors (Lipinski definition) is 4. The van der Waals surface area contributed by atoms with Crippen LogP contribution in [0.4, 0.5) is 0 Å². The SMILES string of the molecule is COCCNC(=O)c1ccnc(C(=O)N(C)Cc2ccccc2)c1. The summed E-state index contributed by atoms with van der Waals surface area (Å²) < 4.78 is 4.89. The molecule has 6 heteroatoms. The fourth-order valence-electron chi connectivity index (χ4n) is 2.18.